The Balaban J connectivity index is 1.35. The first-order valence-electron chi connectivity index (χ1n) is 12.8. The van der Waals surface area contributed by atoms with Crippen molar-refractivity contribution in [2.24, 2.45) is 4.99 Å². The van der Waals surface area contributed by atoms with Gasteiger partial charge in [0.15, 0.2) is 5.13 Å². The second-order valence-electron chi connectivity index (χ2n) is 9.98. The molecule has 0 aromatic carbocycles. The highest BCUT2D eigenvalue weighted by atomic mass is 35.5. The van der Waals surface area contributed by atoms with Gasteiger partial charge in [-0.05, 0) is 50.5 Å². The van der Waals surface area contributed by atoms with E-state index < -0.39 is 0 Å². The van der Waals surface area contributed by atoms with E-state index in [4.69, 9.17) is 26.1 Å². The molecule has 0 bridgehead atoms. The number of amides is 2. The fraction of sp³-hybridized carbons (Fsp3) is 0.333. The van der Waals surface area contributed by atoms with Crippen molar-refractivity contribution in [3.8, 4) is 0 Å². The summed E-state index contributed by atoms with van der Waals surface area (Å²) in [4.78, 5) is 44.5. The molecule has 0 radical (unpaired) electrons. The molecule has 1 fully saturated rings. The number of carbonyl (C=O) groups is 2. The lowest BCUT2D eigenvalue weighted by Gasteiger charge is -2.38. The number of piperidine rings is 1. The maximum absolute atomic E-state index is 13.3. The van der Waals surface area contributed by atoms with Crippen LogP contribution in [0.4, 0.5) is 10.8 Å². The summed E-state index contributed by atoms with van der Waals surface area (Å²) in [5.74, 6) is 1.40. The average Bonchev–Trinajstić information content (AvgIpc) is 3.67. The van der Waals surface area contributed by atoms with Gasteiger partial charge in [-0.1, -0.05) is 40.2 Å². The number of amidine groups is 1. The van der Waals surface area contributed by atoms with Crippen molar-refractivity contribution in [3.05, 3.63) is 69.3 Å². The third-order valence-electron chi connectivity index (χ3n) is 7.57. The molecular weight excluding hydrogens is 538 g/mol. The maximum Gasteiger partial charge on any atom is 0.263 e. The molecule has 3 aromatic heterocycles. The van der Waals surface area contributed by atoms with E-state index in [2.05, 4.69) is 38.6 Å². The van der Waals surface area contributed by atoms with Gasteiger partial charge in [-0.25, -0.2) is 9.97 Å². The van der Waals surface area contributed by atoms with Gasteiger partial charge >= 0.3 is 0 Å². The molecule has 6 heterocycles. The first-order chi connectivity index (χ1) is 18.9. The smallest absolute Gasteiger partial charge is 0.263 e. The highest BCUT2D eigenvalue weighted by Gasteiger charge is 2.45. The van der Waals surface area contributed by atoms with E-state index in [9.17, 15) is 9.59 Å². The molecule has 1 saturated heterocycles. The SMILES string of the molecule is Cc1noc(C)c1C1=CC2N=C([C@@H]3CCCC(=O)N3c3ccnc(Cl)c3)N(c3nc4c(s3)C(=O)NC4)C2C=C1. The number of pyridine rings is 1. The number of nitrogens with one attached hydrogen (secondary N) is 1. The van der Waals surface area contributed by atoms with Crippen LogP contribution in [0.1, 0.15) is 51.6 Å². The van der Waals surface area contributed by atoms with E-state index in [1.54, 1.807) is 23.2 Å². The molecule has 0 saturated carbocycles. The molecule has 12 heteroatoms. The van der Waals surface area contributed by atoms with Crippen LogP contribution in [-0.4, -0.2) is 50.9 Å². The first-order valence-corrected chi connectivity index (χ1v) is 14.0. The van der Waals surface area contributed by atoms with Crippen molar-refractivity contribution in [2.45, 2.75) is 57.8 Å². The largest absolute Gasteiger partial charge is 0.361 e. The molecule has 4 aliphatic rings. The molecule has 39 heavy (non-hydrogen) atoms. The molecule has 3 aliphatic heterocycles. The van der Waals surface area contributed by atoms with Gasteiger partial charge in [0.05, 0.1) is 36.1 Å². The number of aliphatic imine (C=N–C) groups is 1. The number of aryl methyl sites for hydroxylation is 2. The number of aromatic nitrogens is 3. The van der Waals surface area contributed by atoms with Crippen LogP contribution in [0.3, 0.4) is 0 Å². The first kappa shape index (κ1) is 24.2. The fourth-order valence-electron chi connectivity index (χ4n) is 5.87. The quantitative estimate of drug-likeness (QED) is 0.474. The summed E-state index contributed by atoms with van der Waals surface area (Å²) < 4.78 is 5.42. The Morgan fingerprint density at radius 2 is 2.10 bits per heavy atom. The van der Waals surface area contributed by atoms with Crippen molar-refractivity contribution in [3.63, 3.8) is 0 Å². The lowest BCUT2D eigenvalue weighted by Crippen LogP contribution is -2.54. The number of allylic oxidation sites excluding steroid dienone is 2. The van der Waals surface area contributed by atoms with E-state index in [0.29, 0.717) is 33.8 Å². The van der Waals surface area contributed by atoms with Gasteiger partial charge in [0.1, 0.15) is 21.6 Å². The third kappa shape index (κ3) is 3.90. The van der Waals surface area contributed by atoms with E-state index in [1.807, 2.05) is 13.8 Å². The van der Waals surface area contributed by atoms with Gasteiger partial charge in [0.25, 0.3) is 5.91 Å². The summed E-state index contributed by atoms with van der Waals surface area (Å²) in [6.45, 7) is 4.24. The fourth-order valence-corrected chi connectivity index (χ4v) is 7.09. The molecule has 3 aromatic rings. The van der Waals surface area contributed by atoms with E-state index >= 15 is 0 Å². The van der Waals surface area contributed by atoms with Crippen LogP contribution in [0, 0.1) is 13.8 Å². The van der Waals surface area contributed by atoms with Crippen LogP contribution < -0.4 is 15.1 Å². The predicted molar refractivity (Wildman–Crippen MR) is 148 cm³/mol. The van der Waals surface area contributed by atoms with Gasteiger partial charge in [0.2, 0.25) is 5.91 Å². The summed E-state index contributed by atoms with van der Waals surface area (Å²) in [7, 11) is 0. The second kappa shape index (κ2) is 9.13. The summed E-state index contributed by atoms with van der Waals surface area (Å²) in [5.41, 5.74) is 4.21. The normalized spacial score (nSPS) is 24.0. The van der Waals surface area contributed by atoms with Crippen LogP contribution in [-0.2, 0) is 11.3 Å². The van der Waals surface area contributed by atoms with Crippen LogP contribution in [0.5, 0.6) is 0 Å². The summed E-state index contributed by atoms with van der Waals surface area (Å²) in [5, 5.41) is 7.98. The molecule has 2 amide bonds. The molecule has 7 rings (SSSR count). The number of rotatable bonds is 4. The number of hydrogen-bond acceptors (Lipinski definition) is 9. The molecule has 198 valence electrons. The van der Waals surface area contributed by atoms with E-state index in [-0.39, 0.29) is 29.9 Å². The Labute approximate surface area is 233 Å². The number of hydrogen-bond donors (Lipinski definition) is 1. The lowest BCUT2D eigenvalue weighted by molar-refractivity contribution is -0.119. The minimum Gasteiger partial charge on any atom is -0.361 e. The van der Waals surface area contributed by atoms with E-state index in [1.165, 1.54) is 11.3 Å². The number of halogens is 1. The summed E-state index contributed by atoms with van der Waals surface area (Å²) in [6, 6.07) is 2.81. The maximum atomic E-state index is 13.3. The van der Waals surface area contributed by atoms with Crippen LogP contribution in [0.15, 0.2) is 46.1 Å². The zero-order valence-electron chi connectivity index (χ0n) is 21.2. The number of thiazole rings is 1. The topological polar surface area (TPSA) is 117 Å². The third-order valence-corrected chi connectivity index (χ3v) is 8.87. The monoisotopic (exact) mass is 561 g/mol. The molecule has 10 nitrogen and oxygen atoms in total. The predicted octanol–water partition coefficient (Wildman–Crippen LogP) is 4.23. The highest BCUT2D eigenvalue weighted by molar-refractivity contribution is 7.18. The minimum absolute atomic E-state index is 0.00884. The van der Waals surface area contributed by atoms with Gasteiger partial charge in [0, 0.05) is 23.9 Å². The summed E-state index contributed by atoms with van der Waals surface area (Å²) in [6.07, 6.45) is 9.84. The number of fused-ring (bicyclic) bond motifs is 2. The average molecular weight is 562 g/mol. The van der Waals surface area contributed by atoms with E-state index in [0.717, 1.165) is 47.0 Å². The van der Waals surface area contributed by atoms with Crippen LogP contribution in [0.2, 0.25) is 5.15 Å². The second-order valence-corrected chi connectivity index (χ2v) is 11.3. The number of nitrogens with zero attached hydrogens (tertiary/aromatic N) is 6. The van der Waals surface area contributed by atoms with Crippen molar-refractivity contribution in [1.82, 2.24) is 20.4 Å². The van der Waals surface area contributed by atoms with Gasteiger partial charge in [-0.2, -0.15) is 0 Å². The highest BCUT2D eigenvalue weighted by Crippen LogP contribution is 2.40. The zero-order chi connectivity index (χ0) is 26.8. The van der Waals surface area contributed by atoms with Crippen molar-refractivity contribution in [2.75, 3.05) is 9.80 Å². The Bertz CT molecular complexity index is 1600. The van der Waals surface area contributed by atoms with Crippen molar-refractivity contribution < 1.29 is 14.1 Å². The number of anilines is 2. The Morgan fingerprint density at radius 3 is 2.87 bits per heavy atom. The van der Waals surface area contributed by atoms with Gasteiger partial charge < -0.3 is 14.7 Å². The summed E-state index contributed by atoms with van der Waals surface area (Å²) >= 11 is 7.59. The van der Waals surface area contributed by atoms with Crippen molar-refractivity contribution >= 4 is 57.0 Å². The standard InChI is InChI=1S/C27H24ClN7O3S/c1-13-23(14(2)38-33-13)15-6-7-19-17(10-15)31-25(35(19)27-32-18-12-30-26(37)24(18)39-27)20-4-3-5-22(36)34(20)16-8-9-29-21(28)11-16/h6-11,17,19-20H,3-5,12H2,1-2H3,(H,30,37)/t17?,19?,20-/m0/s1. The van der Waals surface area contributed by atoms with Crippen LogP contribution in [0.25, 0.3) is 5.57 Å². The molecule has 0 spiro atoms. The van der Waals surface area contributed by atoms with Gasteiger partial charge in [-0.15, -0.1) is 0 Å². The molecule has 2 unspecified atom stereocenters. The van der Waals surface area contributed by atoms with Crippen LogP contribution >= 0.6 is 22.9 Å². The molecule has 1 aliphatic carbocycles. The zero-order valence-corrected chi connectivity index (χ0v) is 22.8. The van der Waals surface area contributed by atoms with Crippen molar-refractivity contribution in [1.29, 1.82) is 0 Å². The molecule has 3 atom stereocenters. The minimum atomic E-state index is -0.327. The van der Waals surface area contributed by atoms with Gasteiger partial charge in [-0.3, -0.25) is 19.5 Å². The molecular formula is C27H24ClN7O3S. The Hall–Kier alpha value is -3.83. The number of carbonyl (C=O) groups excluding carboxylic acids is 2. The Kier molecular flexibility index (Phi) is 5.67. The lowest BCUT2D eigenvalue weighted by atomic mass is 9.93. The molecule has 1 N–H and O–H groups in total. The Morgan fingerprint density at radius 1 is 1.23 bits per heavy atom.